The van der Waals surface area contributed by atoms with Crippen molar-refractivity contribution < 1.29 is 9.18 Å². The number of nitrogens with zero attached hydrogens (tertiary/aromatic N) is 2. The number of halogens is 1. The molecule has 0 saturated carbocycles. The van der Waals surface area contributed by atoms with Crippen LogP contribution < -0.4 is 0 Å². The summed E-state index contributed by atoms with van der Waals surface area (Å²) in [7, 11) is 0. The Kier molecular flexibility index (Phi) is 2.72. The fourth-order valence-corrected chi connectivity index (χ4v) is 1.46. The highest BCUT2D eigenvalue weighted by Gasteiger charge is 2.07. The Bertz CT molecular complexity index is 540. The lowest BCUT2D eigenvalue weighted by Crippen LogP contribution is -1.97. The first-order valence-corrected chi connectivity index (χ1v) is 4.76. The van der Waals surface area contributed by atoms with Gasteiger partial charge in [-0.05, 0) is 25.1 Å². The van der Waals surface area contributed by atoms with E-state index in [2.05, 4.69) is 9.97 Å². The van der Waals surface area contributed by atoms with E-state index < -0.39 is 0 Å². The van der Waals surface area contributed by atoms with Gasteiger partial charge in [0.15, 0.2) is 6.29 Å². The van der Waals surface area contributed by atoms with Gasteiger partial charge in [0, 0.05) is 5.56 Å². The Morgan fingerprint density at radius 2 is 2.00 bits per heavy atom. The van der Waals surface area contributed by atoms with Gasteiger partial charge in [-0.1, -0.05) is 12.1 Å². The first-order valence-electron chi connectivity index (χ1n) is 4.76. The predicted octanol–water partition coefficient (Wildman–Crippen LogP) is 2.40. The molecule has 0 radical (unpaired) electrons. The Morgan fingerprint density at radius 1 is 1.25 bits per heavy atom. The Morgan fingerprint density at radius 3 is 2.69 bits per heavy atom. The fraction of sp³-hybridized carbons (Fsp3) is 0.0833. The number of aromatic nitrogens is 2. The molecule has 2 rings (SSSR count). The molecule has 16 heavy (non-hydrogen) atoms. The molecule has 80 valence electrons. The van der Waals surface area contributed by atoms with E-state index in [-0.39, 0.29) is 11.5 Å². The number of benzene rings is 1. The molecule has 0 saturated heterocycles. The van der Waals surface area contributed by atoms with Crippen LogP contribution in [0.2, 0.25) is 0 Å². The molecule has 0 unspecified atom stereocenters. The van der Waals surface area contributed by atoms with Crippen LogP contribution in [-0.4, -0.2) is 16.3 Å². The van der Waals surface area contributed by atoms with Crippen molar-refractivity contribution in [2.75, 3.05) is 0 Å². The topological polar surface area (TPSA) is 42.9 Å². The van der Waals surface area contributed by atoms with Gasteiger partial charge in [0.25, 0.3) is 0 Å². The highest BCUT2D eigenvalue weighted by atomic mass is 19.1. The molecule has 4 heteroatoms. The van der Waals surface area contributed by atoms with Crippen LogP contribution in [0.5, 0.6) is 0 Å². The maximum Gasteiger partial charge on any atom is 0.168 e. The van der Waals surface area contributed by atoms with E-state index in [4.69, 9.17) is 0 Å². The summed E-state index contributed by atoms with van der Waals surface area (Å²) in [4.78, 5) is 18.7. The van der Waals surface area contributed by atoms with E-state index in [1.54, 1.807) is 25.1 Å². The van der Waals surface area contributed by atoms with Crippen molar-refractivity contribution in [1.29, 1.82) is 0 Å². The molecule has 3 nitrogen and oxygen atoms in total. The lowest BCUT2D eigenvalue weighted by Gasteiger charge is -2.03. The van der Waals surface area contributed by atoms with E-state index in [9.17, 15) is 9.18 Å². The largest absolute Gasteiger partial charge is 0.296 e. The van der Waals surface area contributed by atoms with Gasteiger partial charge in [0.05, 0.1) is 5.69 Å². The molecule has 0 bridgehead atoms. The molecule has 1 aromatic carbocycles. The quantitative estimate of drug-likeness (QED) is 0.724. The van der Waals surface area contributed by atoms with Crippen LogP contribution in [0.1, 0.15) is 16.3 Å². The molecule has 0 aliphatic rings. The summed E-state index contributed by atoms with van der Waals surface area (Å²) in [6.07, 6.45) is 0.624. The van der Waals surface area contributed by atoms with Crippen molar-refractivity contribution in [1.82, 2.24) is 9.97 Å². The van der Waals surface area contributed by atoms with Gasteiger partial charge in [-0.15, -0.1) is 0 Å². The third-order valence-corrected chi connectivity index (χ3v) is 2.13. The van der Waals surface area contributed by atoms with Gasteiger partial charge >= 0.3 is 0 Å². The monoisotopic (exact) mass is 216 g/mol. The van der Waals surface area contributed by atoms with Crippen molar-refractivity contribution in [2.24, 2.45) is 0 Å². The number of carbonyl (C=O) groups is 1. The van der Waals surface area contributed by atoms with Crippen molar-refractivity contribution in [3.8, 4) is 11.3 Å². The van der Waals surface area contributed by atoms with Crippen LogP contribution in [0, 0.1) is 12.7 Å². The highest BCUT2D eigenvalue weighted by Crippen LogP contribution is 2.20. The molecule has 0 N–H and O–H groups in total. The molecule has 0 amide bonds. The summed E-state index contributed by atoms with van der Waals surface area (Å²) >= 11 is 0. The summed E-state index contributed by atoms with van der Waals surface area (Å²) in [5, 5.41) is 0. The van der Waals surface area contributed by atoms with Gasteiger partial charge in [-0.25, -0.2) is 14.4 Å². The molecule has 0 atom stereocenters. The summed E-state index contributed by atoms with van der Waals surface area (Å²) in [5.74, 6) is 0.0836. The second-order valence-corrected chi connectivity index (χ2v) is 3.32. The third kappa shape index (κ3) is 1.95. The van der Waals surface area contributed by atoms with Crippen LogP contribution >= 0.6 is 0 Å². The molecule has 0 spiro atoms. The van der Waals surface area contributed by atoms with Crippen LogP contribution in [0.4, 0.5) is 4.39 Å². The van der Waals surface area contributed by atoms with E-state index in [1.807, 2.05) is 0 Å². The SMILES string of the molecule is Cc1nc(C=O)cc(-c2ccccc2F)n1. The number of rotatable bonds is 2. The molecule has 1 aromatic heterocycles. The highest BCUT2D eigenvalue weighted by molar-refractivity contribution is 5.75. The van der Waals surface area contributed by atoms with Crippen LogP contribution in [0.25, 0.3) is 11.3 Å². The van der Waals surface area contributed by atoms with Crippen LogP contribution in [-0.2, 0) is 0 Å². The van der Waals surface area contributed by atoms with Crippen molar-refractivity contribution in [3.05, 3.63) is 47.7 Å². The number of hydrogen-bond donors (Lipinski definition) is 0. The van der Waals surface area contributed by atoms with E-state index in [0.29, 0.717) is 23.4 Å². The Hall–Kier alpha value is -2.10. The molecule has 0 fully saturated rings. The first kappa shape index (κ1) is 10.4. The summed E-state index contributed by atoms with van der Waals surface area (Å²) in [6.45, 7) is 1.66. The van der Waals surface area contributed by atoms with Crippen LogP contribution in [0.3, 0.4) is 0 Å². The molecular formula is C12H9FN2O. The predicted molar refractivity (Wildman–Crippen MR) is 57.6 cm³/mol. The minimum absolute atomic E-state index is 0.255. The number of hydrogen-bond acceptors (Lipinski definition) is 3. The van der Waals surface area contributed by atoms with E-state index in [1.165, 1.54) is 12.1 Å². The zero-order chi connectivity index (χ0) is 11.5. The van der Waals surface area contributed by atoms with Gasteiger partial charge in [-0.2, -0.15) is 0 Å². The van der Waals surface area contributed by atoms with Gasteiger partial charge in [-0.3, -0.25) is 4.79 Å². The number of aryl methyl sites for hydroxylation is 1. The van der Waals surface area contributed by atoms with Gasteiger partial charge in [0.1, 0.15) is 17.3 Å². The third-order valence-electron chi connectivity index (χ3n) is 2.13. The molecule has 1 heterocycles. The number of carbonyl (C=O) groups excluding carboxylic acids is 1. The minimum Gasteiger partial charge on any atom is -0.296 e. The molecule has 0 aliphatic carbocycles. The lowest BCUT2D eigenvalue weighted by molar-refractivity contribution is 0.111. The Balaban J connectivity index is 2.60. The zero-order valence-electron chi connectivity index (χ0n) is 8.64. The van der Waals surface area contributed by atoms with E-state index in [0.717, 1.165) is 0 Å². The minimum atomic E-state index is -0.363. The normalized spacial score (nSPS) is 10.1. The maximum absolute atomic E-state index is 13.5. The van der Waals surface area contributed by atoms with Crippen molar-refractivity contribution >= 4 is 6.29 Å². The summed E-state index contributed by atoms with van der Waals surface area (Å²) in [5.41, 5.74) is 1.05. The lowest BCUT2D eigenvalue weighted by atomic mass is 10.1. The maximum atomic E-state index is 13.5. The molecule has 0 aliphatic heterocycles. The molecular weight excluding hydrogens is 207 g/mol. The average Bonchev–Trinajstić information content (AvgIpc) is 2.28. The first-order chi connectivity index (χ1) is 7.70. The average molecular weight is 216 g/mol. The summed E-state index contributed by atoms with van der Waals surface area (Å²) < 4.78 is 13.5. The standard InChI is InChI=1S/C12H9FN2O/c1-8-14-9(7-16)6-12(15-8)10-4-2-3-5-11(10)13/h2-7H,1H3. The second-order valence-electron chi connectivity index (χ2n) is 3.32. The van der Waals surface area contributed by atoms with Gasteiger partial charge < -0.3 is 0 Å². The smallest absolute Gasteiger partial charge is 0.168 e. The fourth-order valence-electron chi connectivity index (χ4n) is 1.46. The van der Waals surface area contributed by atoms with E-state index >= 15 is 0 Å². The van der Waals surface area contributed by atoms with Crippen molar-refractivity contribution in [3.63, 3.8) is 0 Å². The molecule has 2 aromatic rings. The van der Waals surface area contributed by atoms with Gasteiger partial charge in [0.2, 0.25) is 0 Å². The Labute approximate surface area is 92.0 Å². The zero-order valence-corrected chi connectivity index (χ0v) is 8.64. The second kappa shape index (κ2) is 4.18. The summed E-state index contributed by atoms with van der Waals surface area (Å²) in [6, 6.07) is 7.77. The van der Waals surface area contributed by atoms with Crippen molar-refractivity contribution in [2.45, 2.75) is 6.92 Å². The number of aldehydes is 1. The van der Waals surface area contributed by atoms with Crippen LogP contribution in [0.15, 0.2) is 30.3 Å².